The van der Waals surface area contributed by atoms with Gasteiger partial charge in [-0.25, -0.2) is 0 Å². The van der Waals surface area contributed by atoms with Crippen molar-refractivity contribution in [3.8, 4) is 0 Å². The Hall–Kier alpha value is -1.81. The number of fused-ring (bicyclic) bond motifs is 1. The summed E-state index contributed by atoms with van der Waals surface area (Å²) in [6, 6.07) is 9.07. The molecule has 1 aliphatic rings. The van der Waals surface area contributed by atoms with Crippen molar-refractivity contribution in [2.45, 2.75) is 32.9 Å². The first-order valence-corrected chi connectivity index (χ1v) is 8.49. The number of rotatable bonds is 4. The first kappa shape index (κ1) is 16.1. The van der Waals surface area contributed by atoms with Gasteiger partial charge in [0.15, 0.2) is 0 Å². The van der Waals surface area contributed by atoms with E-state index in [1.165, 1.54) is 16.5 Å². The highest BCUT2D eigenvalue weighted by molar-refractivity contribution is 5.84. The molecular formula is C19H27N3O. The van der Waals surface area contributed by atoms with Gasteiger partial charge < -0.3 is 9.47 Å². The zero-order valence-corrected chi connectivity index (χ0v) is 14.6. The lowest BCUT2D eigenvalue weighted by molar-refractivity contribution is -0.132. The Morgan fingerprint density at radius 3 is 2.74 bits per heavy atom. The monoisotopic (exact) mass is 313 g/mol. The largest absolute Gasteiger partial charge is 0.349 e. The Morgan fingerprint density at radius 1 is 1.30 bits per heavy atom. The topological polar surface area (TPSA) is 28.5 Å². The summed E-state index contributed by atoms with van der Waals surface area (Å²) in [5.41, 5.74) is 2.67. The lowest BCUT2D eigenvalue weighted by Crippen LogP contribution is -2.31. The third-order valence-corrected chi connectivity index (χ3v) is 4.84. The molecule has 0 N–H and O–H groups in total. The summed E-state index contributed by atoms with van der Waals surface area (Å²) < 4.78 is 2.35. The van der Waals surface area contributed by atoms with Crippen LogP contribution in [0.3, 0.4) is 0 Å². The molecule has 0 bridgehead atoms. The number of carbonyl (C=O) groups excluding carboxylic acids is 1. The lowest BCUT2D eigenvalue weighted by Gasteiger charge is -2.18. The van der Waals surface area contributed by atoms with E-state index in [4.69, 9.17) is 0 Å². The highest BCUT2D eigenvalue weighted by atomic mass is 16.2. The number of hydrogen-bond acceptors (Lipinski definition) is 2. The number of benzene rings is 1. The molecule has 23 heavy (non-hydrogen) atoms. The summed E-state index contributed by atoms with van der Waals surface area (Å²) in [7, 11) is 3.70. The van der Waals surface area contributed by atoms with Crippen LogP contribution in [0, 0.1) is 5.92 Å². The second-order valence-electron chi connectivity index (χ2n) is 7.13. The van der Waals surface area contributed by atoms with Gasteiger partial charge in [0.1, 0.15) is 0 Å². The number of carbonyl (C=O) groups is 1. The molecule has 1 aromatic heterocycles. The van der Waals surface area contributed by atoms with Gasteiger partial charge in [-0.2, -0.15) is 0 Å². The fourth-order valence-corrected chi connectivity index (χ4v) is 3.61. The average Bonchev–Trinajstić information content (AvgIpc) is 3.12. The van der Waals surface area contributed by atoms with E-state index in [0.29, 0.717) is 6.04 Å². The molecule has 4 heteroatoms. The number of para-hydroxylation sites is 1. The van der Waals surface area contributed by atoms with E-state index in [0.717, 1.165) is 26.1 Å². The van der Waals surface area contributed by atoms with Crippen LogP contribution in [0.5, 0.6) is 0 Å². The molecule has 0 aliphatic carbocycles. The Morgan fingerprint density at radius 2 is 2.04 bits per heavy atom. The molecule has 1 saturated heterocycles. The van der Waals surface area contributed by atoms with Gasteiger partial charge in [-0.3, -0.25) is 9.69 Å². The zero-order valence-electron chi connectivity index (χ0n) is 14.6. The van der Waals surface area contributed by atoms with Crippen molar-refractivity contribution in [1.29, 1.82) is 0 Å². The first-order chi connectivity index (χ1) is 11.0. The minimum absolute atomic E-state index is 0.156. The average molecular weight is 313 g/mol. The van der Waals surface area contributed by atoms with Crippen molar-refractivity contribution in [2.75, 3.05) is 27.2 Å². The first-order valence-electron chi connectivity index (χ1n) is 8.49. The number of aromatic nitrogens is 1. The van der Waals surface area contributed by atoms with Gasteiger partial charge in [-0.05, 0) is 38.4 Å². The molecule has 2 aromatic rings. The summed E-state index contributed by atoms with van der Waals surface area (Å²) in [5.74, 6) is 0.417. The molecule has 2 heterocycles. The van der Waals surface area contributed by atoms with Crippen molar-refractivity contribution >= 4 is 16.8 Å². The van der Waals surface area contributed by atoms with Gasteiger partial charge in [-0.1, -0.05) is 18.2 Å². The van der Waals surface area contributed by atoms with Crippen LogP contribution in [0.1, 0.15) is 31.9 Å². The standard InChI is InChI=1S/C19H27N3O/c1-14(2)22-13-16(17-7-5-6-8-18(17)22)12-21-10-9-15(11-21)19(23)20(3)4/h5-8,13-15H,9-12H2,1-4H3/t15-/m0/s1. The van der Waals surface area contributed by atoms with E-state index in [-0.39, 0.29) is 11.8 Å². The van der Waals surface area contributed by atoms with Crippen molar-refractivity contribution in [3.05, 3.63) is 36.0 Å². The number of hydrogen-bond donors (Lipinski definition) is 0. The highest BCUT2D eigenvalue weighted by Gasteiger charge is 2.29. The van der Waals surface area contributed by atoms with Gasteiger partial charge in [-0.15, -0.1) is 0 Å². The SMILES string of the molecule is CC(C)n1cc(CN2CC[C@H](C(=O)N(C)C)C2)c2ccccc21. The van der Waals surface area contributed by atoms with Gasteiger partial charge in [0.25, 0.3) is 0 Å². The minimum Gasteiger partial charge on any atom is -0.349 e. The Kier molecular flexibility index (Phi) is 4.44. The summed E-state index contributed by atoms with van der Waals surface area (Å²) in [5, 5.41) is 1.34. The van der Waals surface area contributed by atoms with Crippen LogP contribution in [0.2, 0.25) is 0 Å². The Balaban J connectivity index is 1.79. The number of likely N-dealkylation sites (tertiary alicyclic amines) is 1. The number of nitrogens with zero attached hydrogens (tertiary/aromatic N) is 3. The van der Waals surface area contributed by atoms with Crippen molar-refractivity contribution in [3.63, 3.8) is 0 Å². The van der Waals surface area contributed by atoms with Gasteiger partial charge >= 0.3 is 0 Å². The third-order valence-electron chi connectivity index (χ3n) is 4.84. The molecule has 0 unspecified atom stereocenters. The molecule has 1 aromatic carbocycles. The minimum atomic E-state index is 0.156. The predicted molar refractivity (Wildman–Crippen MR) is 94.4 cm³/mol. The molecule has 1 amide bonds. The van der Waals surface area contributed by atoms with Crippen LogP contribution >= 0.6 is 0 Å². The quantitative estimate of drug-likeness (QED) is 0.867. The van der Waals surface area contributed by atoms with E-state index < -0.39 is 0 Å². The molecule has 3 rings (SSSR count). The maximum absolute atomic E-state index is 12.1. The van der Waals surface area contributed by atoms with Gasteiger partial charge in [0.05, 0.1) is 5.92 Å². The fraction of sp³-hybridized carbons (Fsp3) is 0.526. The molecule has 0 radical (unpaired) electrons. The smallest absolute Gasteiger partial charge is 0.226 e. The van der Waals surface area contributed by atoms with E-state index in [2.05, 4.69) is 53.8 Å². The van der Waals surface area contributed by atoms with Crippen molar-refractivity contribution in [2.24, 2.45) is 5.92 Å². The highest BCUT2D eigenvalue weighted by Crippen LogP contribution is 2.27. The molecule has 1 fully saturated rings. The maximum atomic E-state index is 12.1. The summed E-state index contributed by atoms with van der Waals surface area (Å²) in [6.45, 7) is 7.25. The third kappa shape index (κ3) is 3.13. The second-order valence-corrected chi connectivity index (χ2v) is 7.13. The predicted octanol–water partition coefficient (Wildman–Crippen LogP) is 3.13. The number of amides is 1. The Labute approximate surface area is 138 Å². The molecular weight excluding hydrogens is 286 g/mol. The van der Waals surface area contributed by atoms with Crippen LogP contribution in [-0.2, 0) is 11.3 Å². The normalized spacial score (nSPS) is 18.9. The molecule has 0 saturated carbocycles. The van der Waals surface area contributed by atoms with Crippen LogP contribution in [0.25, 0.3) is 10.9 Å². The van der Waals surface area contributed by atoms with E-state index in [9.17, 15) is 4.79 Å². The second kappa shape index (κ2) is 6.36. The van der Waals surface area contributed by atoms with Crippen LogP contribution < -0.4 is 0 Å². The van der Waals surface area contributed by atoms with E-state index >= 15 is 0 Å². The Bertz CT molecular complexity index is 702. The van der Waals surface area contributed by atoms with E-state index in [1.54, 1.807) is 4.90 Å². The maximum Gasteiger partial charge on any atom is 0.226 e. The van der Waals surface area contributed by atoms with Gasteiger partial charge in [0, 0.05) is 50.3 Å². The molecule has 0 spiro atoms. The van der Waals surface area contributed by atoms with Crippen LogP contribution in [-0.4, -0.2) is 47.5 Å². The van der Waals surface area contributed by atoms with Crippen LogP contribution in [0.4, 0.5) is 0 Å². The molecule has 1 aliphatic heterocycles. The zero-order chi connectivity index (χ0) is 16.6. The summed E-state index contributed by atoms with van der Waals surface area (Å²) in [6.07, 6.45) is 3.26. The molecule has 4 nitrogen and oxygen atoms in total. The summed E-state index contributed by atoms with van der Waals surface area (Å²) >= 11 is 0. The van der Waals surface area contributed by atoms with Crippen molar-refractivity contribution in [1.82, 2.24) is 14.4 Å². The van der Waals surface area contributed by atoms with E-state index in [1.807, 2.05) is 14.1 Å². The van der Waals surface area contributed by atoms with Gasteiger partial charge in [0.2, 0.25) is 5.91 Å². The fourth-order valence-electron chi connectivity index (χ4n) is 3.61. The molecule has 124 valence electrons. The summed E-state index contributed by atoms with van der Waals surface area (Å²) in [4.78, 5) is 16.3. The van der Waals surface area contributed by atoms with Crippen LogP contribution in [0.15, 0.2) is 30.5 Å². The lowest BCUT2D eigenvalue weighted by atomic mass is 10.1. The van der Waals surface area contributed by atoms with Crippen molar-refractivity contribution < 1.29 is 4.79 Å². The molecule has 1 atom stereocenters.